The molecule has 0 atom stereocenters. The number of fused-ring (bicyclic) bond motifs is 1. The summed E-state index contributed by atoms with van der Waals surface area (Å²) in [5.41, 5.74) is 6.15. The van der Waals surface area contributed by atoms with Crippen molar-refractivity contribution in [1.29, 1.82) is 5.41 Å². The summed E-state index contributed by atoms with van der Waals surface area (Å²) in [5.74, 6) is 1.21. The number of benzene rings is 3. The van der Waals surface area contributed by atoms with Crippen LogP contribution in [-0.2, 0) is 0 Å². The zero-order chi connectivity index (χ0) is 14.8. The second-order valence-corrected chi connectivity index (χ2v) is 5.01. The molecule has 3 N–H and O–H groups in total. The molecule has 0 fully saturated rings. The Kier molecular flexibility index (Phi) is 3.50. The normalized spacial score (nSPS) is 10.5. The molecule has 0 saturated heterocycles. The summed E-state index contributed by atoms with van der Waals surface area (Å²) in [6, 6.07) is 18.6. The fourth-order valence-corrected chi connectivity index (χ4v) is 2.45. The molecule has 0 bridgehead atoms. The highest BCUT2D eigenvalue weighted by Gasteiger charge is 2.10. The summed E-state index contributed by atoms with van der Waals surface area (Å²) in [6.07, 6.45) is 0. The first-order chi connectivity index (χ1) is 10.2. The smallest absolute Gasteiger partial charge is 0.138 e. The molecular weight excluding hydrogens is 284 g/mol. The lowest BCUT2D eigenvalue weighted by Crippen LogP contribution is -2.12. The molecule has 21 heavy (non-hydrogen) atoms. The Morgan fingerprint density at radius 1 is 0.857 bits per heavy atom. The van der Waals surface area contributed by atoms with E-state index in [0.29, 0.717) is 22.1 Å². The molecule has 0 aliphatic rings. The SMILES string of the molecule is N=C(N)c1ccccc1Oc1ccc(Cl)c2ccccc12. The van der Waals surface area contributed by atoms with Crippen molar-refractivity contribution < 1.29 is 4.74 Å². The topological polar surface area (TPSA) is 59.1 Å². The van der Waals surface area contributed by atoms with Crippen LogP contribution in [0.2, 0.25) is 5.02 Å². The van der Waals surface area contributed by atoms with Crippen LogP contribution < -0.4 is 10.5 Å². The summed E-state index contributed by atoms with van der Waals surface area (Å²) >= 11 is 6.20. The first-order valence-corrected chi connectivity index (χ1v) is 6.83. The van der Waals surface area contributed by atoms with Gasteiger partial charge < -0.3 is 10.5 Å². The second-order valence-electron chi connectivity index (χ2n) is 4.60. The number of nitrogens with two attached hydrogens (primary N) is 1. The Labute approximate surface area is 127 Å². The van der Waals surface area contributed by atoms with Gasteiger partial charge >= 0.3 is 0 Å². The third-order valence-electron chi connectivity index (χ3n) is 3.23. The van der Waals surface area contributed by atoms with Gasteiger partial charge in [0.2, 0.25) is 0 Å². The van der Waals surface area contributed by atoms with E-state index in [1.54, 1.807) is 18.2 Å². The standard InChI is InChI=1S/C17H13ClN2O/c18-14-9-10-16(12-6-2-1-5-11(12)14)21-15-8-4-3-7-13(15)17(19)20/h1-10H,(H3,19,20). The number of nitrogens with one attached hydrogen (secondary N) is 1. The second kappa shape index (κ2) is 5.46. The van der Waals surface area contributed by atoms with Crippen molar-refractivity contribution in [2.75, 3.05) is 0 Å². The predicted molar refractivity (Wildman–Crippen MR) is 86.5 cm³/mol. The summed E-state index contributed by atoms with van der Waals surface area (Å²) in [7, 11) is 0. The maximum Gasteiger partial charge on any atom is 0.138 e. The van der Waals surface area contributed by atoms with Gasteiger partial charge in [0.05, 0.1) is 5.56 Å². The highest BCUT2D eigenvalue weighted by Crippen LogP contribution is 2.34. The van der Waals surface area contributed by atoms with Crippen LogP contribution in [0, 0.1) is 5.41 Å². The van der Waals surface area contributed by atoms with Crippen molar-refractivity contribution in [2.45, 2.75) is 0 Å². The average molecular weight is 297 g/mol. The highest BCUT2D eigenvalue weighted by molar-refractivity contribution is 6.35. The van der Waals surface area contributed by atoms with Crippen molar-refractivity contribution in [3.63, 3.8) is 0 Å². The zero-order valence-electron chi connectivity index (χ0n) is 11.1. The third-order valence-corrected chi connectivity index (χ3v) is 3.56. The van der Waals surface area contributed by atoms with Gasteiger partial charge in [-0.05, 0) is 24.3 Å². The predicted octanol–water partition coefficient (Wildman–Crippen LogP) is 4.57. The van der Waals surface area contributed by atoms with Crippen LogP contribution in [-0.4, -0.2) is 5.84 Å². The van der Waals surface area contributed by atoms with E-state index in [-0.39, 0.29) is 5.84 Å². The number of amidine groups is 1. The summed E-state index contributed by atoms with van der Waals surface area (Å²) in [5, 5.41) is 10.1. The first-order valence-electron chi connectivity index (χ1n) is 6.45. The maximum atomic E-state index is 7.62. The Bertz CT molecular complexity index is 830. The Morgan fingerprint density at radius 2 is 1.52 bits per heavy atom. The lowest BCUT2D eigenvalue weighted by molar-refractivity contribution is 0.487. The zero-order valence-corrected chi connectivity index (χ0v) is 11.9. The number of para-hydroxylation sites is 1. The molecule has 0 radical (unpaired) electrons. The van der Waals surface area contributed by atoms with Crippen LogP contribution in [0.4, 0.5) is 0 Å². The molecule has 0 spiro atoms. The molecule has 0 heterocycles. The molecule has 3 rings (SSSR count). The van der Waals surface area contributed by atoms with Crippen molar-refractivity contribution in [1.82, 2.24) is 0 Å². The molecule has 3 aromatic carbocycles. The van der Waals surface area contributed by atoms with Crippen LogP contribution in [0.3, 0.4) is 0 Å². The van der Waals surface area contributed by atoms with Gasteiger partial charge in [0.15, 0.2) is 0 Å². The van der Waals surface area contributed by atoms with Crippen molar-refractivity contribution in [3.05, 3.63) is 71.2 Å². The molecule has 4 heteroatoms. The van der Waals surface area contributed by atoms with Gasteiger partial charge in [-0.15, -0.1) is 0 Å². The number of rotatable bonds is 3. The lowest BCUT2D eigenvalue weighted by atomic mass is 10.1. The van der Waals surface area contributed by atoms with Gasteiger partial charge in [0.1, 0.15) is 17.3 Å². The summed E-state index contributed by atoms with van der Waals surface area (Å²) < 4.78 is 5.96. The number of ether oxygens (including phenoxy) is 1. The number of hydrogen-bond donors (Lipinski definition) is 2. The fourth-order valence-electron chi connectivity index (χ4n) is 2.22. The van der Waals surface area contributed by atoms with Gasteiger partial charge in [0, 0.05) is 15.8 Å². The van der Waals surface area contributed by atoms with Gasteiger partial charge in [-0.1, -0.05) is 48.0 Å². The molecule has 0 aliphatic heterocycles. The molecule has 0 aromatic heterocycles. The summed E-state index contributed by atoms with van der Waals surface area (Å²) in [4.78, 5) is 0. The molecule has 3 aromatic rings. The molecule has 0 aliphatic carbocycles. The number of hydrogen-bond acceptors (Lipinski definition) is 2. The van der Waals surface area contributed by atoms with E-state index in [1.807, 2.05) is 42.5 Å². The van der Waals surface area contributed by atoms with Crippen molar-refractivity contribution in [3.8, 4) is 11.5 Å². The minimum Gasteiger partial charge on any atom is -0.456 e. The van der Waals surface area contributed by atoms with E-state index >= 15 is 0 Å². The third kappa shape index (κ3) is 2.56. The highest BCUT2D eigenvalue weighted by atomic mass is 35.5. The van der Waals surface area contributed by atoms with E-state index in [4.69, 9.17) is 27.5 Å². The van der Waals surface area contributed by atoms with Crippen molar-refractivity contribution in [2.24, 2.45) is 5.73 Å². The first kappa shape index (κ1) is 13.5. The van der Waals surface area contributed by atoms with Crippen molar-refractivity contribution >= 4 is 28.2 Å². The Balaban J connectivity index is 2.11. The molecule has 104 valence electrons. The minimum absolute atomic E-state index is 0.0242. The quantitative estimate of drug-likeness (QED) is 0.549. The van der Waals surface area contributed by atoms with E-state index < -0.39 is 0 Å². The van der Waals surface area contributed by atoms with Gasteiger partial charge in [-0.25, -0.2) is 0 Å². The van der Waals surface area contributed by atoms with E-state index in [1.165, 1.54) is 0 Å². The van der Waals surface area contributed by atoms with E-state index in [9.17, 15) is 0 Å². The molecule has 0 unspecified atom stereocenters. The Morgan fingerprint density at radius 3 is 2.29 bits per heavy atom. The van der Waals surface area contributed by atoms with Crippen LogP contribution in [0.25, 0.3) is 10.8 Å². The van der Waals surface area contributed by atoms with Gasteiger partial charge in [-0.2, -0.15) is 0 Å². The summed E-state index contributed by atoms with van der Waals surface area (Å²) in [6.45, 7) is 0. The number of nitrogen functional groups attached to an aromatic ring is 1. The largest absolute Gasteiger partial charge is 0.456 e. The van der Waals surface area contributed by atoms with Crippen LogP contribution in [0.1, 0.15) is 5.56 Å². The van der Waals surface area contributed by atoms with Gasteiger partial charge in [0.25, 0.3) is 0 Å². The van der Waals surface area contributed by atoms with Crippen LogP contribution in [0.5, 0.6) is 11.5 Å². The number of halogens is 1. The molecular formula is C17H13ClN2O. The minimum atomic E-state index is -0.0242. The van der Waals surface area contributed by atoms with E-state index in [2.05, 4.69) is 0 Å². The van der Waals surface area contributed by atoms with Crippen LogP contribution >= 0.6 is 11.6 Å². The monoisotopic (exact) mass is 296 g/mol. The average Bonchev–Trinajstić information content (AvgIpc) is 2.51. The lowest BCUT2D eigenvalue weighted by Gasteiger charge is -2.12. The molecule has 0 amide bonds. The van der Waals surface area contributed by atoms with E-state index in [0.717, 1.165) is 10.8 Å². The Hall–Kier alpha value is -2.52. The van der Waals surface area contributed by atoms with Crippen LogP contribution in [0.15, 0.2) is 60.7 Å². The van der Waals surface area contributed by atoms with Gasteiger partial charge in [-0.3, -0.25) is 5.41 Å². The molecule has 0 saturated carbocycles. The fraction of sp³-hybridized carbons (Fsp3) is 0. The maximum absolute atomic E-state index is 7.62. The molecule has 3 nitrogen and oxygen atoms in total.